The average Bonchev–Trinajstić information content (AvgIpc) is 2.44. The lowest BCUT2D eigenvalue weighted by Crippen LogP contribution is -2.38. The molecule has 0 spiro atoms. The predicted octanol–water partition coefficient (Wildman–Crippen LogP) is 3.74. The molecule has 0 saturated heterocycles. The summed E-state index contributed by atoms with van der Waals surface area (Å²) >= 11 is 1.71. The van der Waals surface area contributed by atoms with E-state index >= 15 is 0 Å². The van der Waals surface area contributed by atoms with Gasteiger partial charge in [0.05, 0.1) is 5.41 Å². The molecule has 134 valence electrons. The van der Waals surface area contributed by atoms with Crippen molar-refractivity contribution in [2.24, 2.45) is 10.8 Å². The molecule has 5 nitrogen and oxygen atoms in total. The van der Waals surface area contributed by atoms with Crippen LogP contribution >= 0.6 is 31.6 Å². The molecule has 0 radical (unpaired) electrons. The normalized spacial score (nSPS) is 15.9. The molecular formula is C16H28IO5P. The fourth-order valence-electron chi connectivity index (χ4n) is 2.44. The van der Waals surface area contributed by atoms with E-state index in [9.17, 15) is 9.59 Å². The van der Waals surface area contributed by atoms with Crippen molar-refractivity contribution in [1.29, 1.82) is 0 Å². The van der Waals surface area contributed by atoms with Gasteiger partial charge in [-0.3, -0.25) is 4.79 Å². The van der Waals surface area contributed by atoms with Crippen molar-refractivity contribution in [3.63, 3.8) is 0 Å². The van der Waals surface area contributed by atoms with Gasteiger partial charge in [0, 0.05) is 6.08 Å². The Balaban J connectivity index is 4.66. The highest BCUT2D eigenvalue weighted by molar-refractivity contribution is 14.1. The minimum Gasteiger partial charge on any atom is -0.462 e. The van der Waals surface area contributed by atoms with Gasteiger partial charge in [-0.15, -0.1) is 8.58 Å². The molecule has 0 aliphatic carbocycles. The molecule has 0 rings (SSSR count). The molecule has 3 unspecified atom stereocenters. The molecule has 0 aromatic carbocycles. The van der Waals surface area contributed by atoms with Crippen molar-refractivity contribution in [3.8, 4) is 0 Å². The van der Waals surface area contributed by atoms with Crippen LogP contribution < -0.4 is 0 Å². The summed E-state index contributed by atoms with van der Waals surface area (Å²) in [5.74, 6) is -0.755. The van der Waals surface area contributed by atoms with E-state index in [0.29, 0.717) is 8.58 Å². The van der Waals surface area contributed by atoms with E-state index in [2.05, 4.69) is 34.0 Å². The molecule has 0 bridgehead atoms. The molecule has 7 heteroatoms. The van der Waals surface area contributed by atoms with Crippen LogP contribution in [0.5, 0.6) is 0 Å². The smallest absolute Gasteiger partial charge is 0.330 e. The van der Waals surface area contributed by atoms with E-state index < -0.39 is 17.5 Å². The van der Waals surface area contributed by atoms with Crippen LogP contribution in [0, 0.1) is 10.8 Å². The minimum atomic E-state index is -0.528. The van der Waals surface area contributed by atoms with Gasteiger partial charge >= 0.3 is 11.9 Å². The third-order valence-electron chi connectivity index (χ3n) is 3.08. The molecule has 0 amide bonds. The zero-order valence-corrected chi connectivity index (χ0v) is 17.8. The van der Waals surface area contributed by atoms with Gasteiger partial charge in [-0.1, -0.05) is 27.4 Å². The Hall–Kier alpha value is -0.200. The van der Waals surface area contributed by atoms with Crippen molar-refractivity contribution in [3.05, 3.63) is 12.7 Å². The quantitative estimate of drug-likeness (QED) is 0.216. The number of halogens is 1. The Kier molecular flexibility index (Phi) is 10.5. The van der Waals surface area contributed by atoms with Crippen LogP contribution in [0.1, 0.15) is 34.1 Å². The number of hydrogen-bond acceptors (Lipinski definition) is 5. The first kappa shape index (κ1) is 22.8. The van der Waals surface area contributed by atoms with Crippen molar-refractivity contribution in [2.75, 3.05) is 26.0 Å². The van der Waals surface area contributed by atoms with Gasteiger partial charge in [0.2, 0.25) is 0 Å². The molecule has 0 fully saturated rings. The minimum absolute atomic E-state index is 0.0204. The lowest BCUT2D eigenvalue weighted by molar-refractivity contribution is -0.158. The average molecular weight is 458 g/mol. The zero-order chi connectivity index (χ0) is 18.1. The maximum absolute atomic E-state index is 12.5. The number of hydrogen-bond donors (Lipinski definition) is 0. The standard InChI is InChI=1S/C16H28IO5P/c1-7-13(18)20-8-12(22-17)9-21-14(19)16(5,11-23-6)10-15(2,3)4/h7,12,23H,1,8-11H2,2-6H3. The third kappa shape index (κ3) is 9.62. The molecule has 23 heavy (non-hydrogen) atoms. The highest BCUT2D eigenvalue weighted by Crippen LogP contribution is 2.38. The maximum atomic E-state index is 12.5. The first-order chi connectivity index (χ1) is 10.6. The summed E-state index contributed by atoms with van der Waals surface area (Å²) in [7, 11) is 0.670. The van der Waals surface area contributed by atoms with Crippen LogP contribution in [0.25, 0.3) is 0 Å². The topological polar surface area (TPSA) is 61.8 Å². The number of carbonyl (C=O) groups is 2. The molecule has 0 aliphatic heterocycles. The van der Waals surface area contributed by atoms with Crippen LogP contribution in [-0.2, 0) is 22.1 Å². The highest BCUT2D eigenvalue weighted by atomic mass is 127. The van der Waals surface area contributed by atoms with Gasteiger partial charge < -0.3 is 12.5 Å². The lowest BCUT2D eigenvalue weighted by atomic mass is 9.76. The molecule has 0 aromatic rings. The van der Waals surface area contributed by atoms with Gasteiger partial charge in [0.15, 0.2) is 0 Å². The van der Waals surface area contributed by atoms with E-state index in [1.165, 1.54) is 0 Å². The number of carbonyl (C=O) groups excluding carboxylic acids is 2. The van der Waals surface area contributed by atoms with Gasteiger partial charge in [0.1, 0.15) is 42.3 Å². The second-order valence-electron chi connectivity index (χ2n) is 6.97. The SMILES string of the molecule is C=CC(=O)OCC(COC(=O)C(C)(CPC)CC(C)(C)C)OI. The Labute approximate surface area is 155 Å². The number of ether oxygens (including phenoxy) is 2. The molecule has 0 heterocycles. The fraction of sp³-hybridized carbons (Fsp3) is 0.750. The van der Waals surface area contributed by atoms with E-state index in [1.807, 2.05) is 6.92 Å². The van der Waals surface area contributed by atoms with Crippen molar-refractivity contribution in [1.82, 2.24) is 0 Å². The summed E-state index contributed by atoms with van der Waals surface area (Å²) in [6.45, 7) is 13.8. The van der Waals surface area contributed by atoms with Crippen LogP contribution in [0.4, 0.5) is 0 Å². The Morgan fingerprint density at radius 3 is 2.22 bits per heavy atom. The second kappa shape index (κ2) is 10.6. The maximum Gasteiger partial charge on any atom is 0.330 e. The summed E-state index contributed by atoms with van der Waals surface area (Å²) in [5, 5.41) is 0. The van der Waals surface area contributed by atoms with E-state index in [-0.39, 0.29) is 24.6 Å². The number of esters is 2. The van der Waals surface area contributed by atoms with Crippen molar-refractivity contribution >= 4 is 43.5 Å². The fourth-order valence-corrected chi connectivity index (χ4v) is 3.79. The number of rotatable bonds is 10. The van der Waals surface area contributed by atoms with Crippen LogP contribution in [0.2, 0.25) is 0 Å². The van der Waals surface area contributed by atoms with Crippen molar-refractivity contribution in [2.45, 2.75) is 40.2 Å². The molecule has 0 N–H and O–H groups in total. The Morgan fingerprint density at radius 1 is 1.22 bits per heavy atom. The summed E-state index contributed by atoms with van der Waals surface area (Å²) in [5.41, 5.74) is -0.481. The summed E-state index contributed by atoms with van der Waals surface area (Å²) in [6.07, 6.45) is 2.13. The molecule has 0 saturated carbocycles. The summed E-state index contributed by atoms with van der Waals surface area (Å²) < 4.78 is 15.5. The van der Waals surface area contributed by atoms with Gasteiger partial charge in [-0.2, -0.15) is 0 Å². The molecular weight excluding hydrogens is 430 g/mol. The monoisotopic (exact) mass is 458 g/mol. The van der Waals surface area contributed by atoms with Gasteiger partial charge in [-0.05, 0) is 31.6 Å². The first-order valence-electron chi connectivity index (χ1n) is 7.46. The summed E-state index contributed by atoms with van der Waals surface area (Å²) in [6, 6.07) is 0. The van der Waals surface area contributed by atoms with E-state index in [1.54, 1.807) is 23.0 Å². The largest absolute Gasteiger partial charge is 0.462 e. The molecule has 0 aliphatic rings. The van der Waals surface area contributed by atoms with E-state index in [0.717, 1.165) is 18.7 Å². The predicted molar refractivity (Wildman–Crippen MR) is 102 cm³/mol. The third-order valence-corrected chi connectivity index (χ3v) is 4.94. The lowest BCUT2D eigenvalue weighted by Gasteiger charge is -2.33. The van der Waals surface area contributed by atoms with Crippen LogP contribution in [-0.4, -0.2) is 44.1 Å². The molecule has 0 aromatic heterocycles. The Morgan fingerprint density at radius 2 is 1.78 bits per heavy atom. The zero-order valence-electron chi connectivity index (χ0n) is 14.6. The first-order valence-corrected chi connectivity index (χ1v) is 10.0. The highest BCUT2D eigenvalue weighted by Gasteiger charge is 2.38. The van der Waals surface area contributed by atoms with Crippen LogP contribution in [0.15, 0.2) is 12.7 Å². The van der Waals surface area contributed by atoms with E-state index in [4.69, 9.17) is 12.5 Å². The Bertz CT molecular complexity index is 408. The van der Waals surface area contributed by atoms with Crippen LogP contribution in [0.3, 0.4) is 0 Å². The van der Waals surface area contributed by atoms with Gasteiger partial charge in [0.25, 0.3) is 0 Å². The second-order valence-corrected chi connectivity index (χ2v) is 8.54. The summed E-state index contributed by atoms with van der Waals surface area (Å²) in [4.78, 5) is 23.6. The molecule has 3 atom stereocenters. The van der Waals surface area contributed by atoms with Crippen molar-refractivity contribution < 1.29 is 22.1 Å². The van der Waals surface area contributed by atoms with Gasteiger partial charge in [-0.25, -0.2) is 4.79 Å².